The molecular weight excluding hydrogens is 368 g/mol. The molecule has 7 nitrogen and oxygen atoms in total. The van der Waals surface area contributed by atoms with E-state index in [9.17, 15) is 9.59 Å². The molecule has 0 aliphatic carbocycles. The summed E-state index contributed by atoms with van der Waals surface area (Å²) in [5.74, 6) is 1.95. The van der Waals surface area contributed by atoms with E-state index in [1.165, 1.54) is 0 Å². The third-order valence-corrected chi connectivity index (χ3v) is 5.02. The van der Waals surface area contributed by atoms with Gasteiger partial charge in [0.1, 0.15) is 11.6 Å². The maximum atomic E-state index is 12.5. The van der Waals surface area contributed by atoms with Crippen molar-refractivity contribution in [3.63, 3.8) is 0 Å². The Morgan fingerprint density at radius 2 is 1.90 bits per heavy atom. The summed E-state index contributed by atoms with van der Waals surface area (Å²) in [5.41, 5.74) is 0. The number of nitrogens with zero attached hydrogens (tertiary/aromatic N) is 3. The third-order valence-electron chi connectivity index (χ3n) is 5.02. The predicted molar refractivity (Wildman–Crippen MR) is 112 cm³/mol. The fraction of sp³-hybridized carbons (Fsp3) is 0.500. The lowest BCUT2D eigenvalue weighted by Gasteiger charge is -2.32. The van der Waals surface area contributed by atoms with Gasteiger partial charge in [0, 0.05) is 25.6 Å². The number of hydrogen-bond acceptors (Lipinski definition) is 4. The zero-order chi connectivity index (χ0) is 20.6. The highest BCUT2D eigenvalue weighted by molar-refractivity contribution is 5.89. The zero-order valence-electron chi connectivity index (χ0n) is 17.2. The lowest BCUT2D eigenvalue weighted by molar-refractivity contribution is -0.133. The van der Waals surface area contributed by atoms with Gasteiger partial charge in [-0.05, 0) is 30.9 Å². The molecule has 156 valence electrons. The summed E-state index contributed by atoms with van der Waals surface area (Å²) in [4.78, 5) is 26.4. The van der Waals surface area contributed by atoms with Gasteiger partial charge in [-0.25, -0.2) is 4.68 Å². The van der Waals surface area contributed by atoms with Gasteiger partial charge in [-0.1, -0.05) is 32.0 Å². The first-order valence-electron chi connectivity index (χ1n) is 10.3. The normalized spacial score (nSPS) is 14.8. The Labute approximate surface area is 172 Å². The van der Waals surface area contributed by atoms with Crippen molar-refractivity contribution in [1.82, 2.24) is 14.7 Å². The van der Waals surface area contributed by atoms with Gasteiger partial charge in [-0.2, -0.15) is 5.10 Å². The monoisotopic (exact) mass is 398 g/mol. The fourth-order valence-corrected chi connectivity index (χ4v) is 3.56. The van der Waals surface area contributed by atoms with Gasteiger partial charge in [0.25, 0.3) is 0 Å². The van der Waals surface area contributed by atoms with Crippen LogP contribution in [0, 0.1) is 5.92 Å². The number of anilines is 1. The van der Waals surface area contributed by atoms with Crippen LogP contribution in [-0.2, 0) is 9.59 Å². The number of carbonyl (C=O) groups is 2. The molecule has 2 aromatic rings. The molecule has 7 heteroatoms. The van der Waals surface area contributed by atoms with Gasteiger partial charge in [-0.3, -0.25) is 9.59 Å². The summed E-state index contributed by atoms with van der Waals surface area (Å²) in [7, 11) is 0. The molecule has 3 rings (SSSR count). The first-order valence-corrected chi connectivity index (χ1v) is 10.3. The molecular formula is C22H30N4O3. The van der Waals surface area contributed by atoms with Crippen LogP contribution in [0.3, 0.4) is 0 Å². The number of para-hydroxylation sites is 1. The highest BCUT2D eigenvalue weighted by Crippen LogP contribution is 2.26. The Balaban J connectivity index is 1.45. The minimum absolute atomic E-state index is 0.00720. The molecule has 0 atom stereocenters. The summed E-state index contributed by atoms with van der Waals surface area (Å²) < 4.78 is 7.51. The number of likely N-dealkylation sites (tertiary alicyclic amines) is 1. The van der Waals surface area contributed by atoms with Crippen molar-refractivity contribution < 1.29 is 14.3 Å². The molecule has 1 N–H and O–H groups in total. The predicted octanol–water partition coefficient (Wildman–Crippen LogP) is 3.50. The largest absolute Gasteiger partial charge is 0.493 e. The van der Waals surface area contributed by atoms with Crippen LogP contribution in [0.4, 0.5) is 5.82 Å². The molecule has 1 aromatic carbocycles. The van der Waals surface area contributed by atoms with E-state index in [2.05, 4.69) is 10.4 Å². The highest BCUT2D eigenvalue weighted by Gasteiger charge is 2.25. The van der Waals surface area contributed by atoms with Gasteiger partial charge in [-0.15, -0.1) is 0 Å². The molecule has 2 heterocycles. The third kappa shape index (κ3) is 6.07. The van der Waals surface area contributed by atoms with Crippen LogP contribution in [0.1, 0.15) is 45.6 Å². The first kappa shape index (κ1) is 20.9. The number of amides is 2. The van der Waals surface area contributed by atoms with Crippen molar-refractivity contribution in [2.75, 3.05) is 25.0 Å². The number of hydrogen-bond donors (Lipinski definition) is 1. The zero-order valence-corrected chi connectivity index (χ0v) is 17.2. The van der Waals surface area contributed by atoms with Crippen molar-refractivity contribution in [2.45, 2.75) is 45.6 Å². The fourth-order valence-electron chi connectivity index (χ4n) is 3.56. The second kappa shape index (κ2) is 10.1. The van der Waals surface area contributed by atoms with Crippen molar-refractivity contribution in [2.24, 2.45) is 5.92 Å². The molecule has 1 fully saturated rings. The maximum Gasteiger partial charge on any atom is 0.225 e. The lowest BCUT2D eigenvalue weighted by atomic mass is 10.0. The van der Waals surface area contributed by atoms with Gasteiger partial charge in [0.05, 0.1) is 25.3 Å². The molecule has 29 heavy (non-hydrogen) atoms. The number of nitrogens with one attached hydrogen (secondary N) is 1. The quantitative estimate of drug-likeness (QED) is 0.738. The number of rotatable bonds is 8. The minimum atomic E-state index is 0.00720. The summed E-state index contributed by atoms with van der Waals surface area (Å²) in [6.45, 7) is 5.80. The number of carbonyl (C=O) groups excluding carboxylic acids is 2. The molecule has 0 saturated carbocycles. The number of ether oxygens (including phenoxy) is 1. The summed E-state index contributed by atoms with van der Waals surface area (Å²) in [6.07, 6.45) is 4.21. The number of benzene rings is 1. The van der Waals surface area contributed by atoms with Crippen molar-refractivity contribution in [3.05, 3.63) is 42.6 Å². The standard InChI is InChI=1S/C22H30N4O3/c1-17(2)16-21(27)24-20-8-12-23-26(20)18-9-13-25(14-10-18)22(28)11-15-29-19-6-4-3-5-7-19/h3-8,12,17-18H,9-11,13-16H2,1-2H3,(H,24,27). The molecule has 1 saturated heterocycles. The Bertz CT molecular complexity index is 795. The van der Waals surface area contributed by atoms with Crippen molar-refractivity contribution in [3.8, 4) is 5.75 Å². The Hall–Kier alpha value is -2.83. The average Bonchev–Trinajstić information content (AvgIpc) is 3.16. The van der Waals surface area contributed by atoms with E-state index in [1.54, 1.807) is 6.20 Å². The molecule has 0 radical (unpaired) electrons. The van der Waals surface area contributed by atoms with E-state index in [4.69, 9.17) is 4.74 Å². The number of piperidine rings is 1. The average molecular weight is 399 g/mol. The Kier molecular flexibility index (Phi) is 7.27. The molecule has 0 unspecified atom stereocenters. The SMILES string of the molecule is CC(C)CC(=O)Nc1ccnn1C1CCN(C(=O)CCOc2ccccc2)CC1. The van der Waals surface area contributed by atoms with Crippen LogP contribution in [0.15, 0.2) is 42.6 Å². The topological polar surface area (TPSA) is 76.5 Å². The van der Waals surface area contributed by atoms with Gasteiger partial charge in [0.15, 0.2) is 0 Å². The van der Waals surface area contributed by atoms with E-state index in [-0.39, 0.29) is 17.9 Å². The maximum absolute atomic E-state index is 12.5. The van der Waals surface area contributed by atoms with Crippen LogP contribution in [0.5, 0.6) is 5.75 Å². The molecule has 1 aromatic heterocycles. The van der Waals surface area contributed by atoms with Crippen LogP contribution < -0.4 is 10.1 Å². The summed E-state index contributed by atoms with van der Waals surface area (Å²) >= 11 is 0. The van der Waals surface area contributed by atoms with Crippen LogP contribution >= 0.6 is 0 Å². The van der Waals surface area contributed by atoms with E-state index in [0.717, 1.165) is 24.4 Å². The molecule has 2 amide bonds. The van der Waals surface area contributed by atoms with Gasteiger partial charge >= 0.3 is 0 Å². The molecule has 0 spiro atoms. The van der Waals surface area contributed by atoms with Crippen molar-refractivity contribution >= 4 is 17.6 Å². The minimum Gasteiger partial charge on any atom is -0.493 e. The van der Waals surface area contributed by atoms with Crippen LogP contribution in [0.25, 0.3) is 0 Å². The Morgan fingerprint density at radius 3 is 2.59 bits per heavy atom. The van der Waals surface area contributed by atoms with Gasteiger partial charge < -0.3 is 15.0 Å². The Morgan fingerprint density at radius 1 is 1.17 bits per heavy atom. The molecule has 1 aliphatic rings. The van der Waals surface area contributed by atoms with Gasteiger partial charge in [0.2, 0.25) is 11.8 Å². The van der Waals surface area contributed by atoms with E-state index in [1.807, 2.05) is 59.8 Å². The molecule has 1 aliphatic heterocycles. The van der Waals surface area contributed by atoms with Crippen molar-refractivity contribution in [1.29, 1.82) is 0 Å². The summed E-state index contributed by atoms with van der Waals surface area (Å²) in [5, 5.41) is 7.36. The number of aromatic nitrogens is 2. The van der Waals surface area contributed by atoms with E-state index < -0.39 is 0 Å². The highest BCUT2D eigenvalue weighted by atomic mass is 16.5. The first-order chi connectivity index (χ1) is 14.0. The van der Waals surface area contributed by atoms with Crippen LogP contribution in [-0.4, -0.2) is 46.2 Å². The lowest BCUT2D eigenvalue weighted by Crippen LogP contribution is -2.40. The molecule has 0 bridgehead atoms. The smallest absolute Gasteiger partial charge is 0.225 e. The van der Waals surface area contributed by atoms with Crippen LogP contribution in [0.2, 0.25) is 0 Å². The summed E-state index contributed by atoms with van der Waals surface area (Å²) in [6, 6.07) is 11.5. The second-order valence-electron chi connectivity index (χ2n) is 7.83. The van der Waals surface area contributed by atoms with E-state index >= 15 is 0 Å². The van der Waals surface area contributed by atoms with E-state index in [0.29, 0.717) is 38.5 Å². The second-order valence-corrected chi connectivity index (χ2v) is 7.83.